The SMILES string of the molecule is CCCCSc1nc2c(c(=O)n(C)c(=O)n2C)n1CCCc1ccccc1. The molecular weight excluding hydrogens is 360 g/mol. The van der Waals surface area contributed by atoms with Crippen molar-refractivity contribution in [1.29, 1.82) is 0 Å². The summed E-state index contributed by atoms with van der Waals surface area (Å²) in [6.45, 7) is 2.86. The molecule has 2 heterocycles. The zero-order chi connectivity index (χ0) is 19.4. The van der Waals surface area contributed by atoms with E-state index in [9.17, 15) is 9.59 Å². The lowest BCUT2D eigenvalue weighted by Crippen LogP contribution is -2.37. The molecule has 3 rings (SSSR count). The van der Waals surface area contributed by atoms with Crippen LogP contribution in [0.25, 0.3) is 11.2 Å². The summed E-state index contributed by atoms with van der Waals surface area (Å²) < 4.78 is 4.63. The first-order valence-corrected chi connectivity index (χ1v) is 10.4. The summed E-state index contributed by atoms with van der Waals surface area (Å²) in [6.07, 6.45) is 4.05. The van der Waals surface area contributed by atoms with Gasteiger partial charge in [0.05, 0.1) is 0 Å². The minimum absolute atomic E-state index is 0.275. The molecular formula is C20H26N4O2S. The van der Waals surface area contributed by atoms with Gasteiger partial charge in [0.2, 0.25) is 0 Å². The summed E-state index contributed by atoms with van der Waals surface area (Å²) in [5, 5.41) is 0.824. The number of hydrogen-bond donors (Lipinski definition) is 0. The first kappa shape index (κ1) is 19.5. The zero-order valence-corrected chi connectivity index (χ0v) is 17.0. The molecule has 0 atom stereocenters. The smallest absolute Gasteiger partial charge is 0.313 e. The zero-order valence-electron chi connectivity index (χ0n) is 16.1. The van der Waals surface area contributed by atoms with Crippen LogP contribution in [0.3, 0.4) is 0 Å². The summed E-state index contributed by atoms with van der Waals surface area (Å²) in [6, 6.07) is 10.3. The third kappa shape index (κ3) is 4.03. The fourth-order valence-corrected chi connectivity index (χ4v) is 4.24. The van der Waals surface area contributed by atoms with Crippen LogP contribution in [0.2, 0.25) is 0 Å². The van der Waals surface area contributed by atoms with Gasteiger partial charge in [0.1, 0.15) is 0 Å². The maximum Gasteiger partial charge on any atom is 0.332 e. The van der Waals surface area contributed by atoms with Gasteiger partial charge in [0.15, 0.2) is 16.3 Å². The van der Waals surface area contributed by atoms with Crippen molar-refractivity contribution >= 4 is 22.9 Å². The molecule has 0 radical (unpaired) electrons. The van der Waals surface area contributed by atoms with Gasteiger partial charge in [-0.05, 0) is 24.8 Å². The minimum Gasteiger partial charge on any atom is -0.313 e. The predicted octanol–water partition coefficient (Wildman–Crippen LogP) is 2.96. The van der Waals surface area contributed by atoms with E-state index < -0.39 is 0 Å². The van der Waals surface area contributed by atoms with Crippen LogP contribution in [-0.4, -0.2) is 24.4 Å². The number of aromatic nitrogens is 4. The van der Waals surface area contributed by atoms with Crippen LogP contribution in [-0.2, 0) is 27.1 Å². The van der Waals surface area contributed by atoms with E-state index in [1.165, 1.54) is 17.2 Å². The Balaban J connectivity index is 1.97. The highest BCUT2D eigenvalue weighted by Crippen LogP contribution is 2.23. The molecule has 0 saturated carbocycles. The number of thioether (sulfide) groups is 1. The van der Waals surface area contributed by atoms with Crippen LogP contribution >= 0.6 is 11.8 Å². The van der Waals surface area contributed by atoms with Crippen molar-refractivity contribution in [2.24, 2.45) is 14.1 Å². The van der Waals surface area contributed by atoms with Crippen LogP contribution in [0.15, 0.2) is 45.1 Å². The van der Waals surface area contributed by atoms with Gasteiger partial charge in [-0.1, -0.05) is 55.4 Å². The van der Waals surface area contributed by atoms with Crippen LogP contribution in [0.1, 0.15) is 31.7 Å². The largest absolute Gasteiger partial charge is 0.332 e. The Morgan fingerprint density at radius 2 is 1.78 bits per heavy atom. The molecule has 0 saturated heterocycles. The van der Waals surface area contributed by atoms with Gasteiger partial charge in [0, 0.05) is 26.4 Å². The topological polar surface area (TPSA) is 61.8 Å². The Kier molecular flexibility index (Phi) is 6.21. The second kappa shape index (κ2) is 8.61. The molecule has 0 amide bonds. The number of imidazole rings is 1. The molecule has 6 nitrogen and oxygen atoms in total. The molecule has 0 aliphatic rings. The van der Waals surface area contributed by atoms with Crippen molar-refractivity contribution in [2.75, 3.05) is 5.75 Å². The average molecular weight is 387 g/mol. The van der Waals surface area contributed by atoms with Gasteiger partial charge in [-0.2, -0.15) is 0 Å². The Morgan fingerprint density at radius 3 is 2.48 bits per heavy atom. The molecule has 2 aromatic heterocycles. The Bertz CT molecular complexity index is 1030. The standard InChI is InChI=1S/C20H26N4O2S/c1-4-5-14-27-19-21-17-16(18(25)23(3)20(26)22(17)2)24(19)13-9-12-15-10-7-6-8-11-15/h6-8,10-11H,4-5,9,12-14H2,1-3H3. The number of hydrogen-bond acceptors (Lipinski definition) is 4. The highest BCUT2D eigenvalue weighted by atomic mass is 32.2. The van der Waals surface area contributed by atoms with Gasteiger partial charge < -0.3 is 4.57 Å². The highest BCUT2D eigenvalue weighted by molar-refractivity contribution is 7.99. The van der Waals surface area contributed by atoms with Crippen molar-refractivity contribution < 1.29 is 0 Å². The number of rotatable bonds is 8. The van der Waals surface area contributed by atoms with Crippen molar-refractivity contribution in [3.05, 3.63) is 56.7 Å². The molecule has 0 unspecified atom stereocenters. The fourth-order valence-electron chi connectivity index (χ4n) is 3.14. The van der Waals surface area contributed by atoms with E-state index in [0.29, 0.717) is 17.7 Å². The first-order valence-electron chi connectivity index (χ1n) is 9.37. The van der Waals surface area contributed by atoms with E-state index in [4.69, 9.17) is 0 Å². The third-order valence-electron chi connectivity index (χ3n) is 4.73. The number of nitrogens with zero attached hydrogens (tertiary/aromatic N) is 4. The van der Waals surface area contributed by atoms with E-state index in [2.05, 4.69) is 24.0 Å². The van der Waals surface area contributed by atoms with Crippen molar-refractivity contribution in [2.45, 2.75) is 44.3 Å². The van der Waals surface area contributed by atoms with Crippen LogP contribution in [0.4, 0.5) is 0 Å². The quantitative estimate of drug-likeness (QED) is 0.441. The normalized spacial score (nSPS) is 11.4. The third-order valence-corrected chi connectivity index (χ3v) is 5.79. The van der Waals surface area contributed by atoms with Crippen LogP contribution in [0.5, 0.6) is 0 Å². The van der Waals surface area contributed by atoms with E-state index >= 15 is 0 Å². The lowest BCUT2D eigenvalue weighted by Gasteiger charge is -2.09. The molecule has 0 spiro atoms. The molecule has 1 aromatic carbocycles. The van der Waals surface area contributed by atoms with Crippen molar-refractivity contribution in [3.8, 4) is 0 Å². The maximum atomic E-state index is 12.8. The van der Waals surface area contributed by atoms with Gasteiger partial charge in [-0.15, -0.1) is 0 Å². The van der Waals surface area contributed by atoms with Crippen LogP contribution < -0.4 is 11.2 Å². The lowest BCUT2D eigenvalue weighted by molar-refractivity contribution is 0.605. The molecule has 0 bridgehead atoms. The minimum atomic E-state index is -0.341. The molecule has 0 aliphatic carbocycles. The number of aryl methyl sites for hydroxylation is 3. The number of unbranched alkanes of at least 4 members (excludes halogenated alkanes) is 1. The van der Waals surface area contributed by atoms with Gasteiger partial charge in [0.25, 0.3) is 5.56 Å². The maximum absolute atomic E-state index is 12.8. The van der Waals surface area contributed by atoms with E-state index in [0.717, 1.165) is 41.2 Å². The van der Waals surface area contributed by atoms with Crippen molar-refractivity contribution in [1.82, 2.24) is 18.7 Å². The lowest BCUT2D eigenvalue weighted by atomic mass is 10.1. The van der Waals surface area contributed by atoms with E-state index in [1.807, 2.05) is 22.8 Å². The highest BCUT2D eigenvalue weighted by Gasteiger charge is 2.19. The second-order valence-corrected chi connectivity index (χ2v) is 7.78. The molecule has 0 fully saturated rings. The van der Waals surface area contributed by atoms with Gasteiger partial charge >= 0.3 is 5.69 Å². The molecule has 3 aromatic rings. The summed E-state index contributed by atoms with van der Waals surface area (Å²) >= 11 is 1.66. The summed E-state index contributed by atoms with van der Waals surface area (Å²) in [5.41, 5.74) is 1.66. The molecule has 7 heteroatoms. The van der Waals surface area contributed by atoms with Crippen LogP contribution in [0, 0.1) is 0 Å². The van der Waals surface area contributed by atoms with Crippen molar-refractivity contribution in [3.63, 3.8) is 0 Å². The summed E-state index contributed by atoms with van der Waals surface area (Å²) in [4.78, 5) is 29.7. The van der Waals surface area contributed by atoms with E-state index in [1.54, 1.807) is 18.8 Å². The molecule has 144 valence electrons. The molecule has 27 heavy (non-hydrogen) atoms. The van der Waals surface area contributed by atoms with E-state index in [-0.39, 0.29) is 11.2 Å². The Morgan fingerprint density at radius 1 is 1.04 bits per heavy atom. The molecule has 0 N–H and O–H groups in total. The Hall–Kier alpha value is -2.28. The summed E-state index contributed by atoms with van der Waals surface area (Å²) in [7, 11) is 3.20. The fraction of sp³-hybridized carbons (Fsp3) is 0.450. The Labute approximate surface area is 162 Å². The second-order valence-electron chi connectivity index (χ2n) is 6.72. The monoisotopic (exact) mass is 386 g/mol. The number of fused-ring (bicyclic) bond motifs is 1. The predicted molar refractivity (Wildman–Crippen MR) is 111 cm³/mol. The molecule has 0 aliphatic heterocycles. The van der Waals surface area contributed by atoms with Gasteiger partial charge in [-0.3, -0.25) is 13.9 Å². The number of benzene rings is 1. The van der Waals surface area contributed by atoms with Gasteiger partial charge in [-0.25, -0.2) is 9.78 Å². The summed E-state index contributed by atoms with van der Waals surface area (Å²) in [5.74, 6) is 0.951. The average Bonchev–Trinajstić information content (AvgIpc) is 3.04. The first-order chi connectivity index (χ1) is 13.0.